The summed E-state index contributed by atoms with van der Waals surface area (Å²) in [6.45, 7) is 3.59. The van der Waals surface area contributed by atoms with E-state index in [9.17, 15) is 13.2 Å². The molecular formula is C22H20ClF3N4O2. The molecule has 1 unspecified atom stereocenters. The molecule has 2 aromatic carbocycles. The minimum absolute atomic E-state index is 0.0316. The largest absolute Gasteiger partial charge is 0.497 e. The van der Waals surface area contributed by atoms with E-state index in [0.717, 1.165) is 6.07 Å². The first-order valence-corrected chi connectivity index (χ1v) is 9.96. The Hall–Kier alpha value is -3.25. The zero-order valence-corrected chi connectivity index (χ0v) is 18.5. The van der Waals surface area contributed by atoms with E-state index in [1.807, 2.05) is 13.0 Å². The molecule has 0 bridgehead atoms. The van der Waals surface area contributed by atoms with Gasteiger partial charge in [0.2, 0.25) is 0 Å². The lowest BCUT2D eigenvalue weighted by atomic mass is 10.0. The normalized spacial score (nSPS) is 13.3. The third-order valence-electron chi connectivity index (χ3n) is 5.19. The summed E-state index contributed by atoms with van der Waals surface area (Å²) in [5, 5.41) is 17.4. The Labute approximate surface area is 188 Å². The number of alkyl halides is 3. The summed E-state index contributed by atoms with van der Waals surface area (Å²) in [6, 6.07) is 10.3. The molecule has 32 heavy (non-hydrogen) atoms. The first-order chi connectivity index (χ1) is 15.0. The number of benzene rings is 2. The van der Waals surface area contributed by atoms with Gasteiger partial charge in [-0.15, -0.1) is 10.2 Å². The van der Waals surface area contributed by atoms with Crippen LogP contribution in [0.4, 0.5) is 13.2 Å². The predicted molar refractivity (Wildman–Crippen MR) is 112 cm³/mol. The fourth-order valence-corrected chi connectivity index (χ4v) is 3.50. The maximum Gasteiger partial charge on any atom is 0.417 e. The molecule has 0 amide bonds. The van der Waals surface area contributed by atoms with Crippen molar-refractivity contribution in [1.29, 1.82) is 5.26 Å². The van der Waals surface area contributed by atoms with Gasteiger partial charge < -0.3 is 14.0 Å². The topological polar surface area (TPSA) is 73.0 Å². The third kappa shape index (κ3) is 4.36. The highest BCUT2D eigenvalue weighted by molar-refractivity contribution is 6.32. The van der Waals surface area contributed by atoms with E-state index in [1.165, 1.54) is 29.9 Å². The lowest BCUT2D eigenvalue weighted by Crippen LogP contribution is -2.32. The molecule has 3 aromatic rings. The lowest BCUT2D eigenvalue weighted by molar-refractivity contribution is -0.137. The Bertz CT molecular complexity index is 1190. The van der Waals surface area contributed by atoms with Crippen LogP contribution >= 0.6 is 11.6 Å². The molecular weight excluding hydrogens is 445 g/mol. The van der Waals surface area contributed by atoms with Crippen molar-refractivity contribution in [1.82, 2.24) is 14.8 Å². The quantitative estimate of drug-likeness (QED) is 0.465. The lowest BCUT2D eigenvalue weighted by Gasteiger charge is -2.29. The summed E-state index contributed by atoms with van der Waals surface area (Å²) in [5.74, 6) is 0.754. The summed E-state index contributed by atoms with van der Waals surface area (Å²) in [4.78, 5) is 0. The second-order valence-corrected chi connectivity index (χ2v) is 7.67. The molecule has 0 fully saturated rings. The number of nitriles is 1. The van der Waals surface area contributed by atoms with Crippen molar-refractivity contribution in [3.8, 4) is 29.0 Å². The van der Waals surface area contributed by atoms with E-state index in [-0.39, 0.29) is 22.2 Å². The second-order valence-electron chi connectivity index (χ2n) is 7.26. The van der Waals surface area contributed by atoms with Crippen LogP contribution in [0.25, 0.3) is 11.4 Å². The Morgan fingerprint density at radius 3 is 2.44 bits per heavy atom. The number of ether oxygens (including phenoxy) is 2. The van der Waals surface area contributed by atoms with Crippen molar-refractivity contribution in [3.05, 3.63) is 58.4 Å². The SMILES string of the molecule is CCC(C)(Oc1ccc(C#N)cc1Cl)c1nnc(-c2ccc(OC)cc2C(F)(F)F)n1C. The fourth-order valence-electron chi connectivity index (χ4n) is 3.28. The van der Waals surface area contributed by atoms with E-state index >= 15 is 0 Å². The van der Waals surface area contributed by atoms with Gasteiger partial charge in [-0.05, 0) is 49.7 Å². The first kappa shape index (κ1) is 23.4. The van der Waals surface area contributed by atoms with Crippen LogP contribution in [0, 0.1) is 11.3 Å². The van der Waals surface area contributed by atoms with Gasteiger partial charge in [0.1, 0.15) is 11.5 Å². The molecule has 10 heteroatoms. The first-order valence-electron chi connectivity index (χ1n) is 9.58. The highest BCUT2D eigenvalue weighted by Crippen LogP contribution is 2.40. The summed E-state index contributed by atoms with van der Waals surface area (Å²) < 4.78 is 53.7. The molecule has 1 heterocycles. The number of nitrogens with zero attached hydrogens (tertiary/aromatic N) is 4. The van der Waals surface area contributed by atoms with E-state index < -0.39 is 17.3 Å². The Morgan fingerprint density at radius 1 is 1.16 bits per heavy atom. The van der Waals surface area contributed by atoms with E-state index in [4.69, 9.17) is 26.3 Å². The molecule has 0 saturated heterocycles. The Kier molecular flexibility index (Phi) is 6.37. The van der Waals surface area contributed by atoms with Gasteiger partial charge in [-0.2, -0.15) is 18.4 Å². The van der Waals surface area contributed by atoms with Gasteiger partial charge in [-0.1, -0.05) is 18.5 Å². The number of halogens is 4. The van der Waals surface area contributed by atoms with Crippen LogP contribution in [0.15, 0.2) is 36.4 Å². The summed E-state index contributed by atoms with van der Waals surface area (Å²) >= 11 is 6.24. The van der Waals surface area contributed by atoms with Gasteiger partial charge in [0.15, 0.2) is 17.2 Å². The van der Waals surface area contributed by atoms with Crippen LogP contribution in [0.5, 0.6) is 11.5 Å². The molecule has 0 aliphatic heterocycles. The monoisotopic (exact) mass is 464 g/mol. The minimum atomic E-state index is -4.61. The number of hydrogen-bond acceptors (Lipinski definition) is 5. The van der Waals surface area contributed by atoms with Crippen LogP contribution in [-0.4, -0.2) is 21.9 Å². The van der Waals surface area contributed by atoms with Gasteiger partial charge in [-0.3, -0.25) is 0 Å². The number of methoxy groups -OCH3 is 1. The standard InChI is InChI=1S/C22H20ClF3N4O2/c1-5-21(2,32-18-9-6-13(12-27)10-17(18)23)20-29-28-19(30(20)3)15-8-7-14(31-4)11-16(15)22(24,25)26/h6-11H,5H2,1-4H3. The summed E-state index contributed by atoms with van der Waals surface area (Å²) in [6.07, 6.45) is -4.19. The zero-order valence-electron chi connectivity index (χ0n) is 17.8. The molecule has 0 N–H and O–H groups in total. The van der Waals surface area contributed by atoms with Crippen molar-refractivity contribution >= 4 is 11.6 Å². The van der Waals surface area contributed by atoms with Crippen LogP contribution in [-0.2, 0) is 18.8 Å². The average molecular weight is 465 g/mol. The van der Waals surface area contributed by atoms with Crippen molar-refractivity contribution in [2.24, 2.45) is 7.05 Å². The van der Waals surface area contributed by atoms with Crippen LogP contribution < -0.4 is 9.47 Å². The van der Waals surface area contributed by atoms with E-state index in [0.29, 0.717) is 23.6 Å². The van der Waals surface area contributed by atoms with Crippen LogP contribution in [0.1, 0.15) is 37.2 Å². The van der Waals surface area contributed by atoms with Gasteiger partial charge in [-0.25, -0.2) is 0 Å². The highest BCUT2D eigenvalue weighted by atomic mass is 35.5. The molecule has 0 saturated carbocycles. The molecule has 1 atom stereocenters. The predicted octanol–water partition coefficient (Wildman–Crippen LogP) is 5.74. The maximum atomic E-state index is 13.7. The van der Waals surface area contributed by atoms with Crippen LogP contribution in [0.3, 0.4) is 0 Å². The second kappa shape index (κ2) is 8.71. The Balaban J connectivity index is 2.07. The van der Waals surface area contributed by atoms with Gasteiger partial charge in [0.05, 0.1) is 29.3 Å². The molecule has 0 aliphatic carbocycles. The number of aromatic nitrogens is 3. The number of rotatable bonds is 6. The molecule has 1 aromatic heterocycles. The molecule has 6 nitrogen and oxygen atoms in total. The maximum absolute atomic E-state index is 13.7. The van der Waals surface area contributed by atoms with Gasteiger partial charge in [0, 0.05) is 12.6 Å². The van der Waals surface area contributed by atoms with E-state index in [1.54, 1.807) is 26.1 Å². The molecule has 0 aliphatic rings. The average Bonchev–Trinajstić information content (AvgIpc) is 3.15. The van der Waals surface area contributed by atoms with Gasteiger partial charge in [0.25, 0.3) is 0 Å². The zero-order chi connectivity index (χ0) is 23.7. The van der Waals surface area contributed by atoms with Crippen molar-refractivity contribution in [2.45, 2.75) is 32.0 Å². The summed E-state index contributed by atoms with van der Waals surface area (Å²) in [7, 11) is 2.88. The van der Waals surface area contributed by atoms with Crippen molar-refractivity contribution < 1.29 is 22.6 Å². The van der Waals surface area contributed by atoms with Crippen LogP contribution in [0.2, 0.25) is 5.02 Å². The van der Waals surface area contributed by atoms with Crippen molar-refractivity contribution in [2.75, 3.05) is 7.11 Å². The number of hydrogen-bond donors (Lipinski definition) is 0. The van der Waals surface area contributed by atoms with E-state index in [2.05, 4.69) is 10.2 Å². The molecule has 168 valence electrons. The minimum Gasteiger partial charge on any atom is -0.497 e. The smallest absolute Gasteiger partial charge is 0.417 e. The highest BCUT2D eigenvalue weighted by Gasteiger charge is 2.38. The molecule has 3 rings (SSSR count). The van der Waals surface area contributed by atoms with Gasteiger partial charge >= 0.3 is 6.18 Å². The fraction of sp³-hybridized carbons (Fsp3) is 0.318. The summed E-state index contributed by atoms with van der Waals surface area (Å²) in [5.41, 5.74) is -1.69. The molecule has 0 spiro atoms. The molecule has 0 radical (unpaired) electrons. The third-order valence-corrected chi connectivity index (χ3v) is 5.49. The Morgan fingerprint density at radius 2 is 1.88 bits per heavy atom. The van der Waals surface area contributed by atoms with Crippen molar-refractivity contribution in [3.63, 3.8) is 0 Å².